The zero-order valence-electron chi connectivity index (χ0n) is 15.7. The molecule has 6 nitrogen and oxygen atoms in total. The molecule has 5 rings (SSSR count). The van der Waals surface area contributed by atoms with E-state index in [-0.39, 0.29) is 12.2 Å². The van der Waals surface area contributed by atoms with Crippen LogP contribution in [0.2, 0.25) is 0 Å². The van der Waals surface area contributed by atoms with Gasteiger partial charge in [-0.3, -0.25) is 4.68 Å². The van der Waals surface area contributed by atoms with Gasteiger partial charge in [-0.1, -0.05) is 13.3 Å². The Hall–Kier alpha value is -2.42. The van der Waals surface area contributed by atoms with Crippen molar-refractivity contribution in [2.24, 2.45) is 5.92 Å². The number of nitrogens with zero attached hydrogens (tertiary/aromatic N) is 6. The number of hydrogen-bond donors (Lipinski definition) is 0. The molecule has 4 aromatic heterocycles. The molecule has 0 saturated carbocycles. The zero-order valence-corrected chi connectivity index (χ0v) is 16.5. The van der Waals surface area contributed by atoms with E-state index in [0.717, 1.165) is 34.6 Å². The van der Waals surface area contributed by atoms with Crippen molar-refractivity contribution in [2.75, 3.05) is 0 Å². The molecule has 0 saturated heterocycles. The number of alkyl halides is 2. The summed E-state index contributed by atoms with van der Waals surface area (Å²) in [7, 11) is 0. The molecule has 0 fully saturated rings. The van der Waals surface area contributed by atoms with Crippen molar-refractivity contribution in [1.82, 2.24) is 29.4 Å². The van der Waals surface area contributed by atoms with Gasteiger partial charge in [-0.25, -0.2) is 23.3 Å². The van der Waals surface area contributed by atoms with Crippen LogP contribution in [0.3, 0.4) is 0 Å². The van der Waals surface area contributed by atoms with Crippen molar-refractivity contribution in [1.29, 1.82) is 0 Å². The normalized spacial score (nSPS) is 17.1. The van der Waals surface area contributed by atoms with Gasteiger partial charge in [0.15, 0.2) is 11.5 Å². The van der Waals surface area contributed by atoms with E-state index in [2.05, 4.69) is 22.1 Å². The molecule has 0 unspecified atom stereocenters. The van der Waals surface area contributed by atoms with Gasteiger partial charge in [-0.15, -0.1) is 16.4 Å². The lowest BCUT2D eigenvalue weighted by Gasteiger charge is -2.20. The summed E-state index contributed by atoms with van der Waals surface area (Å²) in [5.74, 6) is 1.29. The van der Waals surface area contributed by atoms with Gasteiger partial charge >= 0.3 is 0 Å². The molecule has 0 aliphatic heterocycles. The van der Waals surface area contributed by atoms with Crippen molar-refractivity contribution in [3.8, 4) is 0 Å². The van der Waals surface area contributed by atoms with Gasteiger partial charge in [-0.05, 0) is 43.7 Å². The molecule has 1 atom stereocenters. The van der Waals surface area contributed by atoms with E-state index in [1.54, 1.807) is 29.1 Å². The quantitative estimate of drug-likeness (QED) is 0.509. The number of hydrogen-bond acceptors (Lipinski definition) is 5. The Morgan fingerprint density at radius 2 is 2.18 bits per heavy atom. The Bertz CT molecular complexity index is 1170. The predicted octanol–water partition coefficient (Wildman–Crippen LogP) is 4.34. The van der Waals surface area contributed by atoms with Gasteiger partial charge in [0.2, 0.25) is 0 Å². The van der Waals surface area contributed by atoms with Crippen LogP contribution in [0, 0.1) is 12.8 Å². The zero-order chi connectivity index (χ0) is 19.4. The third kappa shape index (κ3) is 2.80. The molecular formula is C19H20F2N6S. The van der Waals surface area contributed by atoms with E-state index in [1.165, 1.54) is 34.0 Å². The van der Waals surface area contributed by atoms with Gasteiger partial charge in [-0.2, -0.15) is 5.10 Å². The first kappa shape index (κ1) is 17.7. The number of aromatic nitrogens is 6. The third-order valence-electron chi connectivity index (χ3n) is 5.62. The van der Waals surface area contributed by atoms with E-state index >= 15 is 0 Å². The summed E-state index contributed by atoms with van der Waals surface area (Å²) in [5, 5.41) is 9.59. The lowest BCUT2D eigenvalue weighted by Crippen LogP contribution is -2.11. The van der Waals surface area contributed by atoms with Crippen LogP contribution in [0.5, 0.6) is 0 Å². The second-order valence-electron chi connectivity index (χ2n) is 7.41. The molecule has 28 heavy (non-hydrogen) atoms. The minimum absolute atomic E-state index is 0.220. The number of rotatable bonds is 4. The molecule has 0 bridgehead atoms. The lowest BCUT2D eigenvalue weighted by atomic mass is 9.86. The highest BCUT2D eigenvalue weighted by Gasteiger charge is 2.25. The van der Waals surface area contributed by atoms with Crippen LogP contribution < -0.4 is 0 Å². The largest absolute Gasteiger partial charge is 0.282 e. The van der Waals surface area contributed by atoms with Crippen molar-refractivity contribution < 1.29 is 8.78 Å². The van der Waals surface area contributed by atoms with Crippen molar-refractivity contribution >= 4 is 27.2 Å². The molecule has 0 spiro atoms. The van der Waals surface area contributed by atoms with Crippen LogP contribution in [0.25, 0.3) is 15.9 Å². The smallest absolute Gasteiger partial charge is 0.262 e. The van der Waals surface area contributed by atoms with Gasteiger partial charge in [0.1, 0.15) is 23.4 Å². The van der Waals surface area contributed by atoms with E-state index in [0.29, 0.717) is 11.5 Å². The van der Waals surface area contributed by atoms with E-state index in [1.807, 2.05) is 0 Å². The second-order valence-corrected chi connectivity index (χ2v) is 8.49. The first-order chi connectivity index (χ1) is 13.5. The summed E-state index contributed by atoms with van der Waals surface area (Å²) >= 11 is 1.76. The van der Waals surface area contributed by atoms with Crippen molar-refractivity contribution in [2.45, 2.75) is 52.5 Å². The molecule has 4 aromatic rings. The third-order valence-corrected chi connectivity index (χ3v) is 6.79. The van der Waals surface area contributed by atoms with Gasteiger partial charge in [0, 0.05) is 10.6 Å². The van der Waals surface area contributed by atoms with Crippen LogP contribution in [0.15, 0.2) is 12.4 Å². The van der Waals surface area contributed by atoms with Crippen LogP contribution >= 0.6 is 11.3 Å². The molecule has 4 heterocycles. The summed E-state index contributed by atoms with van der Waals surface area (Å²) in [6, 6.07) is 1.40. The highest BCUT2D eigenvalue weighted by Crippen LogP contribution is 2.39. The van der Waals surface area contributed by atoms with Gasteiger partial charge < -0.3 is 0 Å². The summed E-state index contributed by atoms with van der Waals surface area (Å²) in [4.78, 5) is 11.7. The minimum Gasteiger partial charge on any atom is -0.262 e. The van der Waals surface area contributed by atoms with Crippen LogP contribution in [0.1, 0.15) is 53.8 Å². The van der Waals surface area contributed by atoms with Crippen LogP contribution in [-0.4, -0.2) is 29.4 Å². The fourth-order valence-electron chi connectivity index (χ4n) is 4.04. The highest BCUT2D eigenvalue weighted by atomic mass is 32.1. The number of thiophene rings is 1. The molecule has 0 N–H and O–H groups in total. The molecule has 1 aliphatic rings. The molecule has 0 amide bonds. The Balaban J connectivity index is 1.56. The first-order valence-corrected chi connectivity index (χ1v) is 10.3. The average Bonchev–Trinajstić information content (AvgIpc) is 3.35. The topological polar surface area (TPSA) is 60.9 Å². The summed E-state index contributed by atoms with van der Waals surface area (Å²) in [6.07, 6.45) is 3.67. The van der Waals surface area contributed by atoms with Crippen molar-refractivity contribution in [3.63, 3.8) is 0 Å². The molecule has 0 aromatic carbocycles. The molecular weight excluding hydrogens is 382 g/mol. The van der Waals surface area contributed by atoms with E-state index < -0.39 is 6.43 Å². The van der Waals surface area contributed by atoms with Crippen LogP contribution in [-0.2, 0) is 19.4 Å². The number of aryl methyl sites for hydroxylation is 2. The first-order valence-electron chi connectivity index (χ1n) is 9.50. The lowest BCUT2D eigenvalue weighted by molar-refractivity contribution is 0.145. The Kier molecular flexibility index (Phi) is 4.15. The number of halogens is 2. The molecule has 0 radical (unpaired) electrons. The monoisotopic (exact) mass is 402 g/mol. The van der Waals surface area contributed by atoms with Gasteiger partial charge in [0.25, 0.3) is 6.43 Å². The Morgan fingerprint density at radius 3 is 2.93 bits per heavy atom. The minimum atomic E-state index is -2.58. The van der Waals surface area contributed by atoms with E-state index in [4.69, 9.17) is 4.98 Å². The standard InChI is InChI=1S/C19H20F2N6S/c1-3-11-4-5-12-14(7-11)28-19-16(12)18-23-15(25-27(18)9-22-19)8-26-10(2)6-13(24-26)17(20)21/h6,9,11,17H,3-5,7-8H2,1-2H3/t11-/m1/s1. The average molecular weight is 402 g/mol. The van der Waals surface area contributed by atoms with E-state index in [9.17, 15) is 8.78 Å². The summed E-state index contributed by atoms with van der Waals surface area (Å²) < 4.78 is 29.0. The highest BCUT2D eigenvalue weighted by molar-refractivity contribution is 7.19. The van der Waals surface area contributed by atoms with Crippen molar-refractivity contribution in [3.05, 3.63) is 40.0 Å². The Labute approximate surface area is 164 Å². The maximum atomic E-state index is 12.9. The summed E-state index contributed by atoms with van der Waals surface area (Å²) in [5.41, 5.74) is 2.60. The molecule has 146 valence electrons. The summed E-state index contributed by atoms with van der Waals surface area (Å²) in [6.45, 7) is 4.26. The second kappa shape index (κ2) is 6.58. The molecule has 1 aliphatic carbocycles. The molecule has 9 heteroatoms. The number of fused-ring (bicyclic) bond motifs is 5. The maximum Gasteiger partial charge on any atom is 0.282 e. The fraction of sp³-hybridized carbons (Fsp3) is 0.474. The fourth-order valence-corrected chi connectivity index (χ4v) is 5.33. The maximum absolute atomic E-state index is 12.9. The SMILES string of the molecule is CC[C@@H]1CCc2c(sc3ncn4nc(Cn5nc(C(F)F)cc5C)nc4c23)C1. The van der Waals surface area contributed by atoms with Gasteiger partial charge in [0.05, 0.1) is 5.39 Å². The van der Waals surface area contributed by atoms with Crippen LogP contribution in [0.4, 0.5) is 8.78 Å². The Morgan fingerprint density at radius 1 is 1.32 bits per heavy atom. The predicted molar refractivity (Wildman–Crippen MR) is 103 cm³/mol.